The van der Waals surface area contributed by atoms with Gasteiger partial charge in [0.25, 0.3) is 0 Å². The van der Waals surface area contributed by atoms with Gasteiger partial charge in [-0.05, 0) is 12.8 Å². The number of aliphatic carboxylic acids is 2. The molecule has 5 heteroatoms. The minimum Gasteiger partial charge on any atom is -0.481 e. The van der Waals surface area contributed by atoms with Gasteiger partial charge in [0.05, 0.1) is 11.8 Å². The van der Waals surface area contributed by atoms with E-state index in [4.69, 9.17) is 10.2 Å². The molecule has 0 amide bonds. The van der Waals surface area contributed by atoms with Crippen LogP contribution in [0.4, 0.5) is 0 Å². The molecule has 0 radical (unpaired) electrons. The molecule has 0 aromatic heterocycles. The van der Waals surface area contributed by atoms with Gasteiger partial charge < -0.3 is 10.2 Å². The number of carboxylic acids is 2. The molecular weight excluding hydrogens is 196 g/mol. The molecular formula is C8H13ClO4. The van der Waals surface area contributed by atoms with Gasteiger partial charge in [0.1, 0.15) is 0 Å². The van der Waals surface area contributed by atoms with E-state index >= 15 is 0 Å². The Labute approximate surface area is 82.4 Å². The molecule has 13 heavy (non-hydrogen) atoms. The minimum atomic E-state index is -0.970. The Hall–Kier alpha value is -0.770. The zero-order valence-corrected chi connectivity index (χ0v) is 7.92. The smallest absolute Gasteiger partial charge is 0.307 e. The van der Waals surface area contributed by atoms with Crippen LogP contribution < -0.4 is 0 Å². The average Bonchev–Trinajstić information content (AvgIpc) is 2.04. The second-order valence-corrected chi connectivity index (χ2v) is 3.17. The number of halogens is 1. The molecule has 0 spiro atoms. The van der Waals surface area contributed by atoms with Crippen LogP contribution in [-0.4, -0.2) is 22.2 Å². The van der Waals surface area contributed by atoms with Crippen LogP contribution in [0.2, 0.25) is 0 Å². The highest BCUT2D eigenvalue weighted by molar-refractivity contribution is 5.85. The summed E-state index contributed by atoms with van der Waals surface area (Å²) in [6.45, 7) is 0. The molecule has 4 nitrogen and oxygen atoms in total. The summed E-state index contributed by atoms with van der Waals surface area (Å²) >= 11 is 0. The van der Waals surface area contributed by atoms with E-state index < -0.39 is 23.8 Å². The van der Waals surface area contributed by atoms with E-state index in [2.05, 4.69) is 0 Å². The van der Waals surface area contributed by atoms with E-state index in [0.29, 0.717) is 12.8 Å². The fraction of sp³-hybridized carbons (Fsp3) is 0.750. The first kappa shape index (κ1) is 12.2. The minimum absolute atomic E-state index is 0. The second kappa shape index (κ2) is 5.07. The third-order valence-corrected chi connectivity index (χ3v) is 2.40. The van der Waals surface area contributed by atoms with Gasteiger partial charge in [-0.15, -0.1) is 12.4 Å². The van der Waals surface area contributed by atoms with Crippen LogP contribution in [0.25, 0.3) is 0 Å². The summed E-state index contributed by atoms with van der Waals surface area (Å²) in [7, 11) is 0. The average molecular weight is 209 g/mol. The van der Waals surface area contributed by atoms with Crippen LogP contribution in [0.3, 0.4) is 0 Å². The molecule has 1 aliphatic rings. The number of rotatable bonds is 2. The van der Waals surface area contributed by atoms with Crippen LogP contribution >= 0.6 is 12.4 Å². The maximum Gasteiger partial charge on any atom is 0.307 e. The predicted octanol–water partition coefficient (Wildman–Crippen LogP) is 1.38. The lowest BCUT2D eigenvalue weighted by Gasteiger charge is -2.24. The molecule has 76 valence electrons. The normalized spacial score (nSPS) is 27.4. The highest BCUT2D eigenvalue weighted by atomic mass is 35.5. The topological polar surface area (TPSA) is 74.6 Å². The Morgan fingerprint density at radius 1 is 0.923 bits per heavy atom. The Morgan fingerprint density at radius 3 is 1.46 bits per heavy atom. The van der Waals surface area contributed by atoms with E-state index in [9.17, 15) is 9.59 Å². The Balaban J connectivity index is 0.00000144. The molecule has 1 fully saturated rings. The van der Waals surface area contributed by atoms with Crippen molar-refractivity contribution in [2.75, 3.05) is 0 Å². The summed E-state index contributed by atoms with van der Waals surface area (Å²) in [6.07, 6.45) is 2.68. The van der Waals surface area contributed by atoms with Gasteiger partial charge >= 0.3 is 11.9 Å². The van der Waals surface area contributed by atoms with Gasteiger partial charge in [-0.3, -0.25) is 9.59 Å². The van der Waals surface area contributed by atoms with Gasteiger partial charge in [0.15, 0.2) is 0 Å². The first-order valence-corrected chi connectivity index (χ1v) is 4.08. The highest BCUT2D eigenvalue weighted by Crippen LogP contribution is 2.30. The first-order valence-electron chi connectivity index (χ1n) is 4.08. The van der Waals surface area contributed by atoms with Gasteiger partial charge in [0, 0.05) is 0 Å². The van der Waals surface area contributed by atoms with Crippen molar-refractivity contribution < 1.29 is 19.8 Å². The van der Waals surface area contributed by atoms with Crippen molar-refractivity contribution in [3.05, 3.63) is 0 Å². The predicted molar refractivity (Wildman–Crippen MR) is 48.0 cm³/mol. The molecule has 0 aromatic rings. The van der Waals surface area contributed by atoms with E-state index in [1.165, 1.54) is 0 Å². The van der Waals surface area contributed by atoms with Crippen LogP contribution in [-0.2, 0) is 9.59 Å². The lowest BCUT2D eigenvalue weighted by molar-refractivity contribution is -0.155. The van der Waals surface area contributed by atoms with Crippen LogP contribution in [0, 0.1) is 11.8 Å². The van der Waals surface area contributed by atoms with Gasteiger partial charge in [0.2, 0.25) is 0 Å². The lowest BCUT2D eigenvalue weighted by atomic mass is 9.79. The maximum atomic E-state index is 10.6. The van der Waals surface area contributed by atoms with Crippen molar-refractivity contribution in [3.8, 4) is 0 Å². The summed E-state index contributed by atoms with van der Waals surface area (Å²) in [5.41, 5.74) is 0. The Kier molecular flexibility index (Phi) is 4.77. The first-order chi connectivity index (χ1) is 5.63. The van der Waals surface area contributed by atoms with Gasteiger partial charge in [-0.2, -0.15) is 0 Å². The molecule has 0 aliphatic heterocycles. The van der Waals surface area contributed by atoms with Crippen molar-refractivity contribution >= 4 is 24.3 Å². The number of carbonyl (C=O) groups is 2. The van der Waals surface area contributed by atoms with E-state index in [1.807, 2.05) is 0 Å². The third kappa shape index (κ3) is 2.88. The molecule has 2 atom stereocenters. The second-order valence-electron chi connectivity index (χ2n) is 3.17. The van der Waals surface area contributed by atoms with Crippen LogP contribution in [0.5, 0.6) is 0 Å². The molecule has 0 unspecified atom stereocenters. The standard InChI is InChI=1S/C8H12O4.ClH/c9-7(10)5-3-1-2-4-6(5)8(11)12;/h5-6H,1-4H2,(H,9,10)(H,11,12);1H/t5-,6-;/m1./s1. The number of hydrogen-bond donors (Lipinski definition) is 2. The summed E-state index contributed by atoms with van der Waals surface area (Å²) in [5, 5.41) is 17.4. The van der Waals surface area contributed by atoms with Crippen LogP contribution in [0.1, 0.15) is 25.7 Å². The summed E-state index contributed by atoms with van der Waals surface area (Å²) < 4.78 is 0. The fourth-order valence-corrected chi connectivity index (χ4v) is 1.72. The Morgan fingerprint density at radius 2 is 1.23 bits per heavy atom. The van der Waals surface area contributed by atoms with Gasteiger partial charge in [-0.25, -0.2) is 0 Å². The summed E-state index contributed by atoms with van der Waals surface area (Å²) in [4.78, 5) is 21.2. The van der Waals surface area contributed by atoms with Crippen molar-refractivity contribution in [3.63, 3.8) is 0 Å². The molecule has 0 heterocycles. The number of carboxylic acid groups (broad SMARTS) is 2. The molecule has 1 rings (SSSR count). The maximum absolute atomic E-state index is 10.6. The molecule has 1 aliphatic carbocycles. The molecule has 0 saturated heterocycles. The van der Waals surface area contributed by atoms with E-state index in [-0.39, 0.29) is 12.4 Å². The molecule has 2 N–H and O–H groups in total. The zero-order chi connectivity index (χ0) is 9.14. The fourth-order valence-electron chi connectivity index (χ4n) is 1.72. The van der Waals surface area contributed by atoms with Gasteiger partial charge in [-0.1, -0.05) is 12.8 Å². The van der Waals surface area contributed by atoms with E-state index in [0.717, 1.165) is 12.8 Å². The summed E-state index contributed by atoms with van der Waals surface area (Å²) in [6, 6.07) is 0. The molecule has 1 saturated carbocycles. The largest absolute Gasteiger partial charge is 0.481 e. The van der Waals surface area contributed by atoms with Crippen molar-refractivity contribution in [2.24, 2.45) is 11.8 Å². The highest BCUT2D eigenvalue weighted by Gasteiger charge is 2.35. The van der Waals surface area contributed by atoms with Crippen LogP contribution in [0.15, 0.2) is 0 Å². The van der Waals surface area contributed by atoms with E-state index in [1.54, 1.807) is 0 Å². The zero-order valence-electron chi connectivity index (χ0n) is 7.10. The quantitative estimate of drug-likeness (QED) is 0.719. The lowest BCUT2D eigenvalue weighted by Crippen LogP contribution is -2.32. The molecule has 0 bridgehead atoms. The monoisotopic (exact) mass is 208 g/mol. The Bertz CT molecular complexity index is 182. The molecule has 0 aromatic carbocycles. The van der Waals surface area contributed by atoms with Crippen molar-refractivity contribution in [2.45, 2.75) is 25.7 Å². The SMILES string of the molecule is Cl.O=C(O)[C@@H]1CCCC[C@H]1C(=O)O. The summed E-state index contributed by atoms with van der Waals surface area (Å²) in [5.74, 6) is -3.28. The van der Waals surface area contributed by atoms with Crippen molar-refractivity contribution in [1.29, 1.82) is 0 Å². The number of hydrogen-bond acceptors (Lipinski definition) is 2. The third-order valence-electron chi connectivity index (χ3n) is 2.40. The van der Waals surface area contributed by atoms with Crippen molar-refractivity contribution in [1.82, 2.24) is 0 Å².